The van der Waals surface area contributed by atoms with E-state index in [1.165, 1.54) is 78.1 Å². The Bertz CT molecular complexity index is 4060. The van der Waals surface area contributed by atoms with Crippen LogP contribution in [0.2, 0.25) is 0 Å². The molecule has 0 radical (unpaired) electrons. The van der Waals surface area contributed by atoms with Gasteiger partial charge in [-0.2, -0.15) is 13.1 Å². The number of anilines is 3. The maximum atomic E-state index is 14.4. The van der Waals surface area contributed by atoms with E-state index in [0.29, 0.717) is 79.2 Å². The molecular weight excluding hydrogens is 1550 g/mol. The van der Waals surface area contributed by atoms with Crippen molar-refractivity contribution in [1.82, 2.24) is 35.2 Å². The van der Waals surface area contributed by atoms with Gasteiger partial charge in [-0.05, 0) is 119 Å². The summed E-state index contributed by atoms with van der Waals surface area (Å²) >= 11 is 0. The quantitative estimate of drug-likeness (QED) is 0.0119. The number of carbonyl (C=O) groups is 9. The van der Waals surface area contributed by atoms with E-state index in [4.69, 9.17) is 52.1 Å². The van der Waals surface area contributed by atoms with Gasteiger partial charge in [0.15, 0.2) is 35.5 Å². The van der Waals surface area contributed by atoms with Crippen molar-refractivity contribution in [3.8, 4) is 23.0 Å². The summed E-state index contributed by atoms with van der Waals surface area (Å²) in [5, 5.41) is 34.7. The molecule has 34 nitrogen and oxygen atoms in total. The number of alkyl carbamates (subject to hydrolysis) is 1. The van der Waals surface area contributed by atoms with Crippen LogP contribution >= 0.6 is 21.6 Å². The average molecular weight is 1650 g/mol. The van der Waals surface area contributed by atoms with Crippen molar-refractivity contribution in [3.63, 3.8) is 0 Å². The first-order chi connectivity index (χ1) is 54.5. The lowest BCUT2D eigenvalue weighted by Gasteiger charge is -2.31. The fourth-order valence-electron chi connectivity index (χ4n) is 13.8. The number of ether oxygens (including phenoxy) is 11. The maximum absolute atomic E-state index is 14.4. The highest BCUT2D eigenvalue weighted by atomic mass is 33.1. The lowest BCUT2D eigenvalue weighted by atomic mass is 10.0. The number of benzene rings is 3. The van der Waals surface area contributed by atoms with E-state index in [1.807, 2.05) is 18.6 Å². The number of aliphatic hydroxyl groups is 2. The molecule has 2 aliphatic carbocycles. The van der Waals surface area contributed by atoms with Crippen molar-refractivity contribution in [2.45, 2.75) is 140 Å². The summed E-state index contributed by atoms with van der Waals surface area (Å²) in [7, 11) is 3.12. The van der Waals surface area contributed by atoms with Gasteiger partial charge >= 0.3 is 34.6 Å². The Hall–Kier alpha value is -9.08. The van der Waals surface area contributed by atoms with Gasteiger partial charge in [-0.15, -0.1) is 0 Å². The number of aliphatic hydroxyl groups excluding tert-OH is 2. The van der Waals surface area contributed by atoms with Crippen LogP contribution in [0, 0.1) is 23.7 Å². The number of carbonyl (C=O) groups excluding carboxylic acids is 9. The Morgan fingerprint density at radius 2 is 1.21 bits per heavy atom. The summed E-state index contributed by atoms with van der Waals surface area (Å²) in [6.45, 7) is 17.8. The second kappa shape index (κ2) is 42.0. The van der Waals surface area contributed by atoms with E-state index in [-0.39, 0.29) is 154 Å². The Balaban J connectivity index is 0.742. The largest absolute Gasteiger partial charge is 0.493 e. The highest BCUT2D eigenvalue weighted by Crippen LogP contribution is 2.53. The van der Waals surface area contributed by atoms with Crippen LogP contribution in [-0.4, -0.2) is 243 Å². The minimum Gasteiger partial charge on any atom is -0.493 e. The van der Waals surface area contributed by atoms with E-state index < -0.39 is 101 Å². The SMILES string of the molecule is C=C1CC2[C@H](O)N(C(=O)OCCSSC(C)(C)CCC(=O)NCCOCCOC)c3cc(OCCCOc4cc5c(cc4OC)C(=O)N4CC(=C)C[C@H]4[C@H](O)N5C(=O)OCc4ccc(NC(=O)[C@H](C)NC(=O)[C@@H](NC(=O)OCCOCCNS(=O)(=O)NC(=O)OC[C@@H]5[C@@H]6CC/C=C\CC[C@@H]65)C(C)C)cc4)c(OC)cc3C(=O)N2C1. The number of allylic oxidation sites excluding steroid dienone is 2. The Morgan fingerprint density at radius 3 is 1.77 bits per heavy atom. The zero-order valence-electron chi connectivity index (χ0n) is 65.5. The number of rotatable bonds is 40. The molecule has 626 valence electrons. The lowest BCUT2D eigenvalue weighted by Crippen LogP contribution is -2.53. The molecule has 9 rings (SSSR count). The fourth-order valence-corrected chi connectivity index (χ4v) is 16.9. The standard InChI is InChI=1S/C77H106N10O24S3/c1-46(2)66(82-73(95)108-33-32-105-29-25-79-114(99,100)83-74(96)110-45-56-52-16-13-11-12-14-17-53(52)56)68(90)80-49(5)67(89)81-51-20-18-50(19-21-51)44-111-76(98)87-58-41-64(62(103-10)39-55(58)70(92)85-43-48(4)37-60(85)72(87)94)107-27-15-26-106-63-40-57-54(38-61(63)102-9)69(91)84-42-47(3)36-59(84)71(93)86(57)75(97)109-34-35-112-113-77(6,7)23-22-65(88)78-24-28-104-31-30-101-8/h11-12,18-21,38-41,46,49,52-53,56,59-60,66,71-72,79,93-94H,3-4,13-17,22-37,42-45H2,1-2,5-10H3,(H,78,88)(H,80,90)(H,81,89)(H,82,95)(H,83,96)/b12-11-/t49-,52-,53+,56-,59?,60-,66-,71-,72-/m0/s1. The molecule has 9 atom stereocenters. The lowest BCUT2D eigenvalue weighted by molar-refractivity contribution is -0.128. The van der Waals surface area contributed by atoms with E-state index in [0.717, 1.165) is 35.5 Å². The second-order valence-electron chi connectivity index (χ2n) is 29.1. The first-order valence-electron chi connectivity index (χ1n) is 37.9. The Kier molecular flexibility index (Phi) is 32.7. The second-order valence-corrected chi connectivity index (χ2v) is 33.7. The first-order valence-corrected chi connectivity index (χ1v) is 41.7. The summed E-state index contributed by atoms with van der Waals surface area (Å²) in [5.41, 5.74) is 2.10. The summed E-state index contributed by atoms with van der Waals surface area (Å²) < 4.78 is 90.2. The molecule has 0 aromatic heterocycles. The molecule has 114 heavy (non-hydrogen) atoms. The summed E-state index contributed by atoms with van der Waals surface area (Å²) in [5.74, 6) is -0.863. The van der Waals surface area contributed by atoms with E-state index in [9.17, 15) is 61.8 Å². The van der Waals surface area contributed by atoms with E-state index >= 15 is 0 Å². The minimum absolute atomic E-state index is 0.00905. The number of hydrogen-bond acceptors (Lipinski definition) is 26. The third-order valence-corrected chi connectivity index (χ3v) is 24.2. The van der Waals surface area contributed by atoms with Gasteiger partial charge in [-0.1, -0.05) is 84.0 Å². The zero-order chi connectivity index (χ0) is 82.4. The van der Waals surface area contributed by atoms with Crippen LogP contribution in [-0.2, 0) is 64.4 Å². The topological polar surface area (TPSA) is 415 Å². The number of fused-ring (bicyclic) bond motifs is 5. The van der Waals surface area contributed by atoms with Crippen LogP contribution in [0.1, 0.15) is 119 Å². The molecule has 6 aliphatic rings. The Labute approximate surface area is 671 Å². The average Bonchev–Trinajstić information content (AvgIpc) is 1.59. The van der Waals surface area contributed by atoms with Gasteiger partial charge in [0.2, 0.25) is 17.7 Å². The van der Waals surface area contributed by atoms with Gasteiger partial charge in [0, 0.05) is 74.5 Å². The van der Waals surface area contributed by atoms with Crippen molar-refractivity contribution in [1.29, 1.82) is 0 Å². The smallest absolute Gasteiger partial charge is 0.421 e. The monoisotopic (exact) mass is 1650 g/mol. The van der Waals surface area contributed by atoms with E-state index in [1.54, 1.807) is 43.9 Å². The van der Waals surface area contributed by atoms with Crippen LogP contribution in [0.25, 0.3) is 0 Å². The molecule has 2 saturated heterocycles. The third kappa shape index (κ3) is 24.5. The summed E-state index contributed by atoms with van der Waals surface area (Å²) in [6.07, 6.45) is 2.60. The summed E-state index contributed by atoms with van der Waals surface area (Å²) in [6, 6.07) is 7.90. The zero-order valence-corrected chi connectivity index (χ0v) is 68.0. The Morgan fingerprint density at radius 1 is 0.649 bits per heavy atom. The molecular formula is C77H106N10O24S3. The number of methoxy groups -OCH3 is 3. The van der Waals surface area contributed by atoms with Gasteiger partial charge in [0.25, 0.3) is 11.8 Å². The molecule has 3 aromatic carbocycles. The predicted molar refractivity (Wildman–Crippen MR) is 422 cm³/mol. The van der Waals surface area contributed by atoms with Gasteiger partial charge in [-0.3, -0.25) is 24.0 Å². The number of nitrogens with one attached hydrogen (secondary N) is 6. The van der Waals surface area contributed by atoms with Gasteiger partial charge in [0.1, 0.15) is 31.9 Å². The molecule has 3 aromatic rings. The normalized spacial score (nSPS) is 20.5. The van der Waals surface area contributed by atoms with Gasteiger partial charge < -0.3 is 93.4 Å². The van der Waals surface area contributed by atoms with Crippen molar-refractivity contribution in [2.75, 3.05) is 134 Å². The maximum Gasteiger partial charge on any atom is 0.421 e. The first kappa shape index (κ1) is 88.9. The van der Waals surface area contributed by atoms with Crippen LogP contribution < -0.4 is 59.5 Å². The minimum atomic E-state index is -4.24. The molecule has 3 fully saturated rings. The van der Waals surface area contributed by atoms with Gasteiger partial charge in [-0.25, -0.2) is 33.7 Å². The molecule has 0 spiro atoms. The molecule has 4 aliphatic heterocycles. The predicted octanol–water partition coefficient (Wildman–Crippen LogP) is 7.33. The van der Waals surface area contributed by atoms with Crippen molar-refractivity contribution < 1.29 is 114 Å². The fraction of sp³-hybridized carbons (Fsp3) is 0.571. The number of hydrogen-bond donors (Lipinski definition) is 8. The molecule has 1 saturated carbocycles. The van der Waals surface area contributed by atoms with Gasteiger partial charge in [0.05, 0.1) is 102 Å². The van der Waals surface area contributed by atoms with Crippen LogP contribution in [0.5, 0.6) is 23.0 Å². The van der Waals surface area contributed by atoms with Crippen molar-refractivity contribution in [3.05, 3.63) is 102 Å². The molecule has 1 unspecified atom stereocenters. The van der Waals surface area contributed by atoms with Crippen molar-refractivity contribution >= 4 is 103 Å². The highest BCUT2D eigenvalue weighted by molar-refractivity contribution is 8.77. The van der Waals surface area contributed by atoms with Crippen LogP contribution in [0.3, 0.4) is 0 Å². The molecule has 0 bridgehead atoms. The number of amides is 9. The third-order valence-electron chi connectivity index (χ3n) is 19.9. The molecule has 8 N–H and O–H groups in total. The van der Waals surface area contributed by atoms with Crippen LogP contribution in [0.4, 0.5) is 36.2 Å². The molecule has 9 amide bonds. The molecule has 4 heterocycles. The van der Waals surface area contributed by atoms with Crippen molar-refractivity contribution in [2.24, 2.45) is 23.7 Å². The van der Waals surface area contributed by atoms with E-state index in [2.05, 4.69) is 51.3 Å². The number of nitrogens with zero attached hydrogens (tertiary/aromatic N) is 4. The highest BCUT2D eigenvalue weighted by Gasteiger charge is 2.51. The van der Waals surface area contributed by atoms with Crippen LogP contribution in [0.15, 0.2) is 85.0 Å². The summed E-state index contributed by atoms with van der Waals surface area (Å²) in [4.78, 5) is 127. The molecule has 37 heteroatoms.